The number of rotatable bonds is 7. The number of nitro groups is 1. The number of nitro benzene ring substituents is 1. The summed E-state index contributed by atoms with van der Waals surface area (Å²) in [6.45, 7) is 2.19. The number of hydrogen-bond acceptors (Lipinski definition) is 6. The minimum Gasteiger partial charge on any atom is -0.493 e. The van der Waals surface area contributed by atoms with E-state index in [9.17, 15) is 14.9 Å². The maximum atomic E-state index is 12.2. The number of carbonyl (C=O) groups is 1. The fraction of sp³-hybridized carbons (Fsp3) is 0.235. The Labute approximate surface area is 149 Å². The molecule has 0 unspecified atom stereocenters. The third kappa shape index (κ3) is 4.60. The highest BCUT2D eigenvalue weighted by Crippen LogP contribution is 2.36. The molecule has 0 aliphatic heterocycles. The van der Waals surface area contributed by atoms with Crippen LogP contribution in [-0.2, 0) is 11.3 Å². The zero-order valence-electron chi connectivity index (χ0n) is 13.7. The van der Waals surface area contributed by atoms with E-state index in [2.05, 4.69) is 0 Å². The van der Waals surface area contributed by atoms with Crippen molar-refractivity contribution in [3.8, 4) is 11.5 Å². The molecule has 0 heterocycles. The molecule has 0 N–H and O–H groups in total. The van der Waals surface area contributed by atoms with Crippen LogP contribution in [0.3, 0.4) is 0 Å². The maximum Gasteiger partial charge on any atom is 0.338 e. The summed E-state index contributed by atoms with van der Waals surface area (Å²) in [6, 6.07) is 8.66. The van der Waals surface area contributed by atoms with Crippen molar-refractivity contribution in [1.82, 2.24) is 0 Å². The van der Waals surface area contributed by atoms with E-state index in [-0.39, 0.29) is 22.9 Å². The minimum absolute atomic E-state index is 0.0238. The summed E-state index contributed by atoms with van der Waals surface area (Å²) in [5.74, 6) is 0.0943. The molecule has 0 aromatic heterocycles. The van der Waals surface area contributed by atoms with Gasteiger partial charge in [0.15, 0.2) is 11.5 Å². The van der Waals surface area contributed by atoms with Crippen molar-refractivity contribution in [2.75, 3.05) is 13.7 Å². The summed E-state index contributed by atoms with van der Waals surface area (Å²) >= 11 is 6.12. The normalized spacial score (nSPS) is 10.2. The second kappa shape index (κ2) is 8.34. The van der Waals surface area contributed by atoms with E-state index in [1.807, 2.05) is 6.92 Å². The summed E-state index contributed by atoms with van der Waals surface area (Å²) < 4.78 is 15.8. The van der Waals surface area contributed by atoms with E-state index in [0.29, 0.717) is 23.7 Å². The molecule has 0 atom stereocenters. The molecule has 0 saturated carbocycles. The van der Waals surface area contributed by atoms with E-state index >= 15 is 0 Å². The average Bonchev–Trinajstić information content (AvgIpc) is 2.61. The van der Waals surface area contributed by atoms with Crippen LogP contribution in [0.15, 0.2) is 36.4 Å². The largest absolute Gasteiger partial charge is 0.493 e. The Balaban J connectivity index is 2.10. The number of esters is 1. The van der Waals surface area contributed by atoms with Gasteiger partial charge in [0, 0.05) is 12.1 Å². The van der Waals surface area contributed by atoms with Crippen LogP contribution in [0.25, 0.3) is 0 Å². The summed E-state index contributed by atoms with van der Waals surface area (Å²) in [5, 5.41) is 10.9. The molecule has 0 radical (unpaired) electrons. The van der Waals surface area contributed by atoms with Crippen molar-refractivity contribution in [3.05, 3.63) is 62.7 Å². The van der Waals surface area contributed by atoms with Gasteiger partial charge in [0.1, 0.15) is 6.61 Å². The molecule has 7 nitrogen and oxygen atoms in total. The maximum absolute atomic E-state index is 12.2. The van der Waals surface area contributed by atoms with E-state index < -0.39 is 10.9 Å². The van der Waals surface area contributed by atoms with Crippen LogP contribution in [0.1, 0.15) is 22.8 Å². The van der Waals surface area contributed by atoms with Crippen molar-refractivity contribution in [2.45, 2.75) is 13.5 Å². The standard InChI is InChI=1S/C17H16ClNO6/c1-3-24-16-14(18)8-12(9-15(16)23-2)17(20)25-10-11-4-6-13(7-5-11)19(21)22/h4-9H,3,10H2,1-2H3. The summed E-state index contributed by atoms with van der Waals surface area (Å²) in [5.41, 5.74) is 0.813. The van der Waals surface area contributed by atoms with Gasteiger partial charge in [0.2, 0.25) is 0 Å². The molecule has 0 amide bonds. The predicted molar refractivity (Wildman–Crippen MR) is 91.4 cm³/mol. The molecule has 0 saturated heterocycles. The van der Waals surface area contributed by atoms with Gasteiger partial charge < -0.3 is 14.2 Å². The first-order chi connectivity index (χ1) is 12.0. The van der Waals surface area contributed by atoms with Crippen LogP contribution in [0.4, 0.5) is 5.69 Å². The average molecular weight is 366 g/mol. The zero-order valence-corrected chi connectivity index (χ0v) is 14.4. The highest BCUT2D eigenvalue weighted by atomic mass is 35.5. The quantitative estimate of drug-likeness (QED) is 0.418. The lowest BCUT2D eigenvalue weighted by molar-refractivity contribution is -0.384. The predicted octanol–water partition coefficient (Wildman–Crippen LogP) is 4.01. The molecule has 0 aliphatic carbocycles. The van der Waals surface area contributed by atoms with Gasteiger partial charge in [-0.05, 0) is 36.8 Å². The van der Waals surface area contributed by atoms with Crippen LogP contribution in [0, 0.1) is 10.1 Å². The number of non-ortho nitro benzene ring substituents is 1. The molecule has 0 spiro atoms. The van der Waals surface area contributed by atoms with E-state index in [0.717, 1.165) is 0 Å². The van der Waals surface area contributed by atoms with Crippen LogP contribution in [0.5, 0.6) is 11.5 Å². The first-order valence-corrected chi connectivity index (χ1v) is 7.74. The van der Waals surface area contributed by atoms with E-state index in [4.69, 9.17) is 25.8 Å². The molecular weight excluding hydrogens is 350 g/mol. The van der Waals surface area contributed by atoms with Gasteiger partial charge in [-0.3, -0.25) is 10.1 Å². The summed E-state index contributed by atoms with van der Waals surface area (Å²) in [4.78, 5) is 22.3. The zero-order chi connectivity index (χ0) is 18.4. The highest BCUT2D eigenvalue weighted by Gasteiger charge is 2.17. The number of nitrogens with zero attached hydrogens (tertiary/aromatic N) is 1. The topological polar surface area (TPSA) is 87.9 Å². The fourth-order valence-corrected chi connectivity index (χ4v) is 2.33. The van der Waals surface area contributed by atoms with E-state index in [1.54, 1.807) is 0 Å². The van der Waals surface area contributed by atoms with Gasteiger partial charge in [-0.25, -0.2) is 4.79 Å². The van der Waals surface area contributed by atoms with Gasteiger partial charge in [-0.2, -0.15) is 0 Å². The Morgan fingerprint density at radius 3 is 2.48 bits per heavy atom. The Morgan fingerprint density at radius 2 is 1.92 bits per heavy atom. The number of carbonyl (C=O) groups excluding carboxylic acids is 1. The summed E-state index contributed by atoms with van der Waals surface area (Å²) in [6.07, 6.45) is 0. The van der Waals surface area contributed by atoms with Crippen molar-refractivity contribution in [2.24, 2.45) is 0 Å². The van der Waals surface area contributed by atoms with E-state index in [1.165, 1.54) is 43.5 Å². The van der Waals surface area contributed by atoms with Gasteiger partial charge in [-0.1, -0.05) is 11.6 Å². The Bertz CT molecular complexity index is 775. The van der Waals surface area contributed by atoms with Gasteiger partial charge in [-0.15, -0.1) is 0 Å². The van der Waals surface area contributed by atoms with Crippen molar-refractivity contribution in [1.29, 1.82) is 0 Å². The molecule has 8 heteroatoms. The van der Waals surface area contributed by atoms with Crippen LogP contribution in [-0.4, -0.2) is 24.6 Å². The Kier molecular flexibility index (Phi) is 6.19. The number of methoxy groups -OCH3 is 1. The lowest BCUT2D eigenvalue weighted by Crippen LogP contribution is -2.07. The molecule has 25 heavy (non-hydrogen) atoms. The Morgan fingerprint density at radius 1 is 1.24 bits per heavy atom. The second-order valence-electron chi connectivity index (χ2n) is 4.92. The van der Waals surface area contributed by atoms with Crippen molar-refractivity contribution >= 4 is 23.3 Å². The first kappa shape index (κ1) is 18.5. The van der Waals surface area contributed by atoms with Crippen molar-refractivity contribution < 1.29 is 23.9 Å². The molecular formula is C17H16ClNO6. The molecule has 132 valence electrons. The smallest absolute Gasteiger partial charge is 0.338 e. The highest BCUT2D eigenvalue weighted by molar-refractivity contribution is 6.32. The first-order valence-electron chi connectivity index (χ1n) is 7.37. The Hall–Kier alpha value is -2.80. The number of ether oxygens (including phenoxy) is 3. The van der Waals surface area contributed by atoms with Gasteiger partial charge >= 0.3 is 5.97 Å². The lowest BCUT2D eigenvalue weighted by Gasteiger charge is -2.13. The molecule has 0 aliphatic rings. The third-order valence-electron chi connectivity index (χ3n) is 3.27. The second-order valence-corrected chi connectivity index (χ2v) is 5.33. The monoisotopic (exact) mass is 365 g/mol. The molecule has 0 fully saturated rings. The van der Waals surface area contributed by atoms with Crippen LogP contribution in [0.2, 0.25) is 5.02 Å². The fourth-order valence-electron chi connectivity index (χ4n) is 2.07. The lowest BCUT2D eigenvalue weighted by atomic mass is 10.2. The number of hydrogen-bond donors (Lipinski definition) is 0. The van der Waals surface area contributed by atoms with Crippen LogP contribution < -0.4 is 9.47 Å². The molecule has 2 aromatic carbocycles. The molecule has 2 rings (SSSR count). The molecule has 0 bridgehead atoms. The summed E-state index contributed by atoms with van der Waals surface area (Å²) in [7, 11) is 1.44. The SMILES string of the molecule is CCOc1c(Cl)cc(C(=O)OCc2ccc([N+](=O)[O-])cc2)cc1OC. The number of benzene rings is 2. The van der Waals surface area contributed by atoms with Crippen LogP contribution >= 0.6 is 11.6 Å². The minimum atomic E-state index is -0.596. The third-order valence-corrected chi connectivity index (χ3v) is 3.55. The van der Waals surface area contributed by atoms with Gasteiger partial charge in [0.05, 0.1) is 29.2 Å². The number of halogens is 1. The van der Waals surface area contributed by atoms with Crippen molar-refractivity contribution in [3.63, 3.8) is 0 Å². The van der Waals surface area contributed by atoms with Gasteiger partial charge in [0.25, 0.3) is 5.69 Å². The molecule has 2 aromatic rings.